The average molecular weight is 526 g/mol. The minimum atomic E-state index is -0.0252. The number of allylic oxidation sites excluding steroid dienone is 1. The molecule has 1 aromatic heterocycles. The highest BCUT2D eigenvalue weighted by Gasteiger charge is 2.36. The third-order valence-electron chi connectivity index (χ3n) is 7.22. The molecule has 1 aliphatic rings. The maximum absolute atomic E-state index is 13.2. The second-order valence-electron chi connectivity index (χ2n) is 9.71. The second kappa shape index (κ2) is 12.1. The van der Waals surface area contributed by atoms with Crippen molar-refractivity contribution in [3.8, 4) is 17.2 Å². The van der Waals surface area contributed by atoms with E-state index in [9.17, 15) is 4.79 Å². The topological polar surface area (TPSA) is 65.8 Å². The molecule has 5 rings (SSSR count). The molecule has 1 saturated heterocycles. The predicted molar refractivity (Wildman–Crippen MR) is 154 cm³/mol. The molecule has 0 radical (unpaired) electrons. The van der Waals surface area contributed by atoms with Gasteiger partial charge in [0, 0.05) is 31.5 Å². The van der Waals surface area contributed by atoms with E-state index in [2.05, 4.69) is 23.3 Å². The lowest BCUT2D eigenvalue weighted by atomic mass is 10.1. The average Bonchev–Trinajstić information content (AvgIpc) is 3.53. The van der Waals surface area contributed by atoms with Crippen LogP contribution in [0, 0.1) is 0 Å². The largest absolute Gasteiger partial charge is 0.497 e. The van der Waals surface area contributed by atoms with E-state index in [4.69, 9.17) is 19.2 Å². The van der Waals surface area contributed by atoms with Crippen LogP contribution in [0.3, 0.4) is 0 Å². The Labute approximate surface area is 229 Å². The molecule has 0 saturated carbocycles. The molecule has 0 aliphatic carbocycles. The SMILES string of the molecule is C=CCc1ccccc1OCCCCn1c(C2CC(=O)N(c3cc(OC)ccc3OC)C2)nc2ccccc21. The number of unbranched alkanes of at least 4 members (excludes halogenated alkanes) is 1. The van der Waals surface area contributed by atoms with E-state index >= 15 is 0 Å². The summed E-state index contributed by atoms with van der Waals surface area (Å²) in [6.07, 6.45) is 4.93. The molecule has 1 amide bonds. The van der Waals surface area contributed by atoms with Crippen LogP contribution in [0.2, 0.25) is 0 Å². The van der Waals surface area contributed by atoms with E-state index in [1.807, 2.05) is 60.7 Å². The summed E-state index contributed by atoms with van der Waals surface area (Å²) < 4.78 is 19.3. The molecule has 0 bridgehead atoms. The third-order valence-corrected chi connectivity index (χ3v) is 7.22. The van der Waals surface area contributed by atoms with Crippen molar-refractivity contribution in [2.75, 3.05) is 32.3 Å². The predicted octanol–water partition coefficient (Wildman–Crippen LogP) is 6.16. The fourth-order valence-electron chi connectivity index (χ4n) is 5.28. The zero-order valence-electron chi connectivity index (χ0n) is 22.6. The van der Waals surface area contributed by atoms with Crippen molar-refractivity contribution in [1.82, 2.24) is 9.55 Å². The molecule has 4 aromatic rings. The maximum atomic E-state index is 13.2. The lowest BCUT2D eigenvalue weighted by molar-refractivity contribution is -0.117. The molecule has 39 heavy (non-hydrogen) atoms. The monoisotopic (exact) mass is 525 g/mol. The van der Waals surface area contributed by atoms with Gasteiger partial charge in [0.15, 0.2) is 0 Å². The summed E-state index contributed by atoms with van der Waals surface area (Å²) in [6.45, 7) is 5.83. The van der Waals surface area contributed by atoms with Gasteiger partial charge in [-0.2, -0.15) is 0 Å². The fraction of sp³-hybridized carbons (Fsp3) is 0.312. The lowest BCUT2D eigenvalue weighted by Crippen LogP contribution is -2.25. The highest BCUT2D eigenvalue weighted by Crippen LogP contribution is 2.39. The number of methoxy groups -OCH3 is 2. The van der Waals surface area contributed by atoms with Gasteiger partial charge in [-0.15, -0.1) is 6.58 Å². The zero-order chi connectivity index (χ0) is 27.2. The minimum Gasteiger partial charge on any atom is -0.497 e. The normalized spacial score (nSPS) is 15.1. The Morgan fingerprint density at radius 2 is 1.82 bits per heavy atom. The van der Waals surface area contributed by atoms with Crippen LogP contribution in [0.15, 0.2) is 79.4 Å². The number of amides is 1. The van der Waals surface area contributed by atoms with Crippen molar-refractivity contribution in [1.29, 1.82) is 0 Å². The van der Waals surface area contributed by atoms with E-state index in [-0.39, 0.29) is 11.8 Å². The first-order valence-electron chi connectivity index (χ1n) is 13.4. The molecule has 2 heterocycles. The number of aromatic nitrogens is 2. The van der Waals surface area contributed by atoms with Gasteiger partial charge in [-0.1, -0.05) is 36.4 Å². The van der Waals surface area contributed by atoms with Crippen molar-refractivity contribution in [3.63, 3.8) is 0 Å². The Morgan fingerprint density at radius 1 is 1.00 bits per heavy atom. The van der Waals surface area contributed by atoms with Crippen LogP contribution < -0.4 is 19.1 Å². The lowest BCUT2D eigenvalue weighted by Gasteiger charge is -2.20. The molecule has 7 nitrogen and oxygen atoms in total. The number of carbonyl (C=O) groups is 1. The highest BCUT2D eigenvalue weighted by atomic mass is 16.5. The van der Waals surface area contributed by atoms with E-state index in [0.717, 1.165) is 59.7 Å². The summed E-state index contributed by atoms with van der Waals surface area (Å²) in [6, 6.07) is 21.8. The number of carbonyl (C=O) groups excluding carboxylic acids is 1. The quantitative estimate of drug-likeness (QED) is 0.164. The van der Waals surface area contributed by atoms with Crippen LogP contribution >= 0.6 is 0 Å². The Balaban J connectivity index is 1.31. The van der Waals surface area contributed by atoms with Gasteiger partial charge in [-0.05, 0) is 55.2 Å². The summed E-state index contributed by atoms with van der Waals surface area (Å²) in [7, 11) is 3.23. The van der Waals surface area contributed by atoms with Gasteiger partial charge in [-0.3, -0.25) is 4.79 Å². The molecule has 202 valence electrons. The number of imidazole rings is 1. The molecular formula is C32H35N3O4. The number of aryl methyl sites for hydroxylation is 1. The van der Waals surface area contributed by atoms with Crippen molar-refractivity contribution < 1.29 is 19.0 Å². The molecule has 1 atom stereocenters. The van der Waals surface area contributed by atoms with Gasteiger partial charge in [-0.25, -0.2) is 4.98 Å². The number of nitrogens with zero attached hydrogens (tertiary/aromatic N) is 3. The molecule has 7 heteroatoms. The first kappa shape index (κ1) is 26.4. The number of benzene rings is 3. The molecule has 0 N–H and O–H groups in total. The molecule has 1 aliphatic heterocycles. The van der Waals surface area contributed by atoms with Crippen LogP contribution in [-0.2, 0) is 17.8 Å². The van der Waals surface area contributed by atoms with E-state index < -0.39 is 0 Å². The Kier molecular flexibility index (Phi) is 8.16. The number of rotatable bonds is 12. The van der Waals surface area contributed by atoms with Gasteiger partial charge in [0.2, 0.25) is 5.91 Å². The zero-order valence-corrected chi connectivity index (χ0v) is 22.6. The van der Waals surface area contributed by atoms with Gasteiger partial charge >= 0.3 is 0 Å². The smallest absolute Gasteiger partial charge is 0.227 e. The van der Waals surface area contributed by atoms with Crippen LogP contribution in [0.4, 0.5) is 5.69 Å². The van der Waals surface area contributed by atoms with E-state index in [0.29, 0.717) is 31.1 Å². The summed E-state index contributed by atoms with van der Waals surface area (Å²) in [5.74, 6) is 3.23. The summed E-state index contributed by atoms with van der Waals surface area (Å²) in [5.41, 5.74) is 3.92. The van der Waals surface area contributed by atoms with Crippen LogP contribution in [-0.4, -0.2) is 42.8 Å². The second-order valence-corrected chi connectivity index (χ2v) is 9.71. The van der Waals surface area contributed by atoms with Crippen LogP contribution in [0.5, 0.6) is 17.2 Å². The van der Waals surface area contributed by atoms with Gasteiger partial charge in [0.1, 0.15) is 23.1 Å². The number of anilines is 1. The molecule has 1 unspecified atom stereocenters. The van der Waals surface area contributed by atoms with Crippen LogP contribution in [0.1, 0.15) is 36.6 Å². The number of ether oxygens (including phenoxy) is 3. The van der Waals surface area contributed by atoms with Crippen molar-refractivity contribution in [2.24, 2.45) is 0 Å². The summed E-state index contributed by atoms with van der Waals surface area (Å²) >= 11 is 0. The van der Waals surface area contributed by atoms with Crippen molar-refractivity contribution >= 4 is 22.6 Å². The van der Waals surface area contributed by atoms with E-state index in [1.54, 1.807) is 19.1 Å². The minimum absolute atomic E-state index is 0.0252. The number of para-hydroxylation sites is 3. The fourth-order valence-corrected chi connectivity index (χ4v) is 5.28. The van der Waals surface area contributed by atoms with Gasteiger partial charge in [0.25, 0.3) is 0 Å². The van der Waals surface area contributed by atoms with Crippen molar-refractivity contribution in [2.45, 2.75) is 38.1 Å². The standard InChI is InChI=1S/C32H35N3O4/c1-4-11-23-12-5-8-15-29(23)39-19-10-9-18-34-27-14-7-6-13-26(27)33-32(34)24-20-31(36)35(22-24)28-21-25(37-2)16-17-30(28)38-3/h4-8,12-17,21,24H,1,9-11,18-20,22H2,2-3H3. The summed E-state index contributed by atoms with van der Waals surface area (Å²) in [5, 5.41) is 0. The van der Waals surface area contributed by atoms with E-state index in [1.165, 1.54) is 0 Å². The number of hydrogen-bond acceptors (Lipinski definition) is 5. The van der Waals surface area contributed by atoms with Gasteiger partial charge < -0.3 is 23.7 Å². The highest BCUT2D eigenvalue weighted by molar-refractivity contribution is 5.98. The molecule has 1 fully saturated rings. The first-order chi connectivity index (χ1) is 19.1. The molecule has 3 aromatic carbocycles. The number of hydrogen-bond donors (Lipinski definition) is 0. The third kappa shape index (κ3) is 5.62. The Hall–Kier alpha value is -4.26. The van der Waals surface area contributed by atoms with Gasteiger partial charge in [0.05, 0.1) is 37.5 Å². The molecule has 0 spiro atoms. The molecular weight excluding hydrogens is 490 g/mol. The number of fused-ring (bicyclic) bond motifs is 1. The Morgan fingerprint density at radius 3 is 2.64 bits per heavy atom. The van der Waals surface area contributed by atoms with Crippen molar-refractivity contribution in [3.05, 3.63) is 90.8 Å². The summed E-state index contributed by atoms with van der Waals surface area (Å²) in [4.78, 5) is 20.0. The van der Waals surface area contributed by atoms with Crippen LogP contribution in [0.25, 0.3) is 11.0 Å². The Bertz CT molecular complexity index is 1460. The first-order valence-corrected chi connectivity index (χ1v) is 13.4. The maximum Gasteiger partial charge on any atom is 0.227 e.